The highest BCUT2D eigenvalue weighted by Crippen LogP contribution is 2.40. The Bertz CT molecular complexity index is 385. The van der Waals surface area contributed by atoms with Crippen molar-refractivity contribution < 1.29 is 4.74 Å². The van der Waals surface area contributed by atoms with E-state index in [9.17, 15) is 0 Å². The summed E-state index contributed by atoms with van der Waals surface area (Å²) >= 11 is 0. The molecule has 15 heavy (non-hydrogen) atoms. The summed E-state index contributed by atoms with van der Waals surface area (Å²) in [5.41, 5.74) is 9.21. The molecule has 0 unspecified atom stereocenters. The molecule has 3 N–H and O–H groups in total. The lowest BCUT2D eigenvalue weighted by molar-refractivity contribution is 0.412. The smallest absolute Gasteiger partial charge is 0.142 e. The van der Waals surface area contributed by atoms with E-state index in [0.717, 1.165) is 24.4 Å². The van der Waals surface area contributed by atoms with Crippen LogP contribution in [-0.2, 0) is 5.41 Å². The zero-order valence-electron chi connectivity index (χ0n) is 9.55. The van der Waals surface area contributed by atoms with E-state index in [2.05, 4.69) is 25.2 Å². The predicted octanol–water partition coefficient (Wildman–Crippen LogP) is 2.37. The van der Waals surface area contributed by atoms with E-state index in [1.807, 2.05) is 6.07 Å². The summed E-state index contributed by atoms with van der Waals surface area (Å²) in [6.45, 7) is 5.51. The zero-order valence-corrected chi connectivity index (χ0v) is 9.55. The van der Waals surface area contributed by atoms with E-state index >= 15 is 0 Å². The van der Waals surface area contributed by atoms with Crippen LogP contribution in [0, 0.1) is 0 Å². The van der Waals surface area contributed by atoms with Crippen LogP contribution in [0.4, 0.5) is 11.4 Å². The standard InChI is InChI=1S/C12H18N2O/c1-12(2)4-5-14-10-7-9(13)11(15-3)6-8(10)12/h6-7,14H,4-5,13H2,1-3H3. The maximum atomic E-state index is 5.88. The van der Waals surface area contributed by atoms with Crippen LogP contribution in [0.2, 0.25) is 0 Å². The van der Waals surface area contributed by atoms with E-state index < -0.39 is 0 Å². The van der Waals surface area contributed by atoms with Crippen molar-refractivity contribution >= 4 is 11.4 Å². The van der Waals surface area contributed by atoms with Gasteiger partial charge in [-0.2, -0.15) is 0 Å². The van der Waals surface area contributed by atoms with Gasteiger partial charge in [-0.25, -0.2) is 0 Å². The molecule has 0 saturated heterocycles. The average molecular weight is 206 g/mol. The highest BCUT2D eigenvalue weighted by Gasteiger charge is 2.28. The Balaban J connectivity index is 2.56. The van der Waals surface area contributed by atoms with Crippen molar-refractivity contribution in [1.82, 2.24) is 0 Å². The Labute approximate surface area is 90.6 Å². The molecule has 0 saturated carbocycles. The van der Waals surface area contributed by atoms with Crippen LogP contribution >= 0.6 is 0 Å². The first-order valence-electron chi connectivity index (χ1n) is 5.26. The minimum atomic E-state index is 0.196. The number of fused-ring (bicyclic) bond motifs is 1. The van der Waals surface area contributed by atoms with Crippen LogP contribution in [0.15, 0.2) is 12.1 Å². The number of nitrogens with two attached hydrogens (primary N) is 1. The number of nitrogens with one attached hydrogen (secondary N) is 1. The second-order valence-corrected chi connectivity index (χ2v) is 4.70. The van der Waals surface area contributed by atoms with Gasteiger partial charge in [0.05, 0.1) is 12.8 Å². The Morgan fingerprint density at radius 3 is 2.80 bits per heavy atom. The second-order valence-electron chi connectivity index (χ2n) is 4.70. The molecule has 0 amide bonds. The number of hydrogen-bond donors (Lipinski definition) is 2. The summed E-state index contributed by atoms with van der Waals surface area (Å²) in [6.07, 6.45) is 1.13. The molecule has 0 atom stereocenters. The molecule has 3 nitrogen and oxygen atoms in total. The van der Waals surface area contributed by atoms with E-state index in [1.54, 1.807) is 7.11 Å². The van der Waals surface area contributed by atoms with Gasteiger partial charge >= 0.3 is 0 Å². The number of hydrogen-bond acceptors (Lipinski definition) is 3. The van der Waals surface area contributed by atoms with Crippen LogP contribution in [0.5, 0.6) is 5.75 Å². The lowest BCUT2D eigenvalue weighted by Crippen LogP contribution is -2.28. The van der Waals surface area contributed by atoms with E-state index in [4.69, 9.17) is 10.5 Å². The largest absolute Gasteiger partial charge is 0.495 e. The van der Waals surface area contributed by atoms with Gasteiger partial charge in [0.15, 0.2) is 0 Å². The molecule has 82 valence electrons. The molecule has 1 heterocycles. The average Bonchev–Trinajstić information content (AvgIpc) is 2.16. The number of nitrogen functional groups attached to an aromatic ring is 1. The Morgan fingerprint density at radius 2 is 2.13 bits per heavy atom. The highest BCUT2D eigenvalue weighted by molar-refractivity contribution is 5.69. The molecular weight excluding hydrogens is 188 g/mol. The van der Waals surface area contributed by atoms with Crippen molar-refractivity contribution in [2.24, 2.45) is 0 Å². The molecular formula is C12H18N2O. The maximum absolute atomic E-state index is 5.88. The first-order valence-corrected chi connectivity index (χ1v) is 5.26. The number of anilines is 2. The van der Waals surface area contributed by atoms with E-state index in [0.29, 0.717) is 5.69 Å². The molecule has 0 radical (unpaired) electrons. The number of methoxy groups -OCH3 is 1. The van der Waals surface area contributed by atoms with Crippen LogP contribution in [0.3, 0.4) is 0 Å². The van der Waals surface area contributed by atoms with Crippen molar-refractivity contribution in [3.8, 4) is 5.75 Å². The molecule has 2 rings (SSSR count). The fourth-order valence-electron chi connectivity index (χ4n) is 2.12. The monoisotopic (exact) mass is 206 g/mol. The van der Waals surface area contributed by atoms with Crippen LogP contribution in [-0.4, -0.2) is 13.7 Å². The molecule has 0 bridgehead atoms. The maximum Gasteiger partial charge on any atom is 0.142 e. The summed E-state index contributed by atoms with van der Waals surface area (Å²) in [5, 5.41) is 3.37. The second kappa shape index (κ2) is 3.33. The van der Waals surface area contributed by atoms with E-state index in [1.165, 1.54) is 5.56 Å². The van der Waals surface area contributed by atoms with Crippen molar-refractivity contribution in [3.05, 3.63) is 17.7 Å². The van der Waals surface area contributed by atoms with Gasteiger partial charge in [-0.15, -0.1) is 0 Å². The highest BCUT2D eigenvalue weighted by atomic mass is 16.5. The molecule has 1 aliphatic heterocycles. The fraction of sp³-hybridized carbons (Fsp3) is 0.500. The van der Waals surface area contributed by atoms with Crippen molar-refractivity contribution in [2.45, 2.75) is 25.7 Å². The van der Waals surface area contributed by atoms with Crippen LogP contribution in [0.1, 0.15) is 25.8 Å². The van der Waals surface area contributed by atoms with Gasteiger partial charge in [-0.05, 0) is 29.5 Å². The first kappa shape index (κ1) is 10.1. The van der Waals surface area contributed by atoms with Crippen LogP contribution < -0.4 is 15.8 Å². The fourth-order valence-corrected chi connectivity index (χ4v) is 2.12. The Morgan fingerprint density at radius 1 is 1.40 bits per heavy atom. The van der Waals surface area contributed by atoms with Gasteiger partial charge in [0.2, 0.25) is 0 Å². The number of rotatable bonds is 1. The normalized spacial score (nSPS) is 17.8. The SMILES string of the molecule is COc1cc2c(cc1N)NCCC2(C)C. The lowest BCUT2D eigenvalue weighted by atomic mass is 9.78. The minimum Gasteiger partial charge on any atom is -0.495 e. The molecule has 1 aliphatic rings. The van der Waals surface area contributed by atoms with Gasteiger partial charge in [0.25, 0.3) is 0 Å². The zero-order chi connectivity index (χ0) is 11.1. The summed E-state index contributed by atoms with van der Waals surface area (Å²) in [4.78, 5) is 0. The molecule has 1 aromatic rings. The van der Waals surface area contributed by atoms with Gasteiger partial charge in [-0.1, -0.05) is 13.8 Å². The summed E-state index contributed by atoms with van der Waals surface area (Å²) in [5.74, 6) is 0.769. The molecule has 3 heteroatoms. The molecule has 1 aromatic carbocycles. The molecule has 0 aromatic heterocycles. The van der Waals surface area contributed by atoms with Crippen molar-refractivity contribution in [3.63, 3.8) is 0 Å². The predicted molar refractivity (Wildman–Crippen MR) is 63.5 cm³/mol. The van der Waals surface area contributed by atoms with Crippen LogP contribution in [0.25, 0.3) is 0 Å². The van der Waals surface area contributed by atoms with Gasteiger partial charge < -0.3 is 15.8 Å². The quantitative estimate of drug-likeness (QED) is 0.693. The summed E-state index contributed by atoms with van der Waals surface area (Å²) in [6, 6.07) is 4.02. The Hall–Kier alpha value is -1.38. The summed E-state index contributed by atoms with van der Waals surface area (Å²) < 4.78 is 5.25. The van der Waals surface area contributed by atoms with Gasteiger partial charge in [0, 0.05) is 12.2 Å². The third kappa shape index (κ3) is 1.62. The molecule has 0 fully saturated rings. The van der Waals surface area contributed by atoms with Crippen molar-refractivity contribution in [2.75, 3.05) is 24.7 Å². The minimum absolute atomic E-state index is 0.196. The third-order valence-electron chi connectivity index (χ3n) is 3.16. The number of ether oxygens (including phenoxy) is 1. The number of benzene rings is 1. The van der Waals surface area contributed by atoms with Gasteiger partial charge in [-0.3, -0.25) is 0 Å². The summed E-state index contributed by atoms with van der Waals surface area (Å²) in [7, 11) is 1.65. The van der Waals surface area contributed by atoms with E-state index in [-0.39, 0.29) is 5.41 Å². The Kier molecular flexibility index (Phi) is 2.25. The topological polar surface area (TPSA) is 47.3 Å². The first-order chi connectivity index (χ1) is 7.04. The molecule has 0 aliphatic carbocycles. The van der Waals surface area contributed by atoms with Crippen molar-refractivity contribution in [1.29, 1.82) is 0 Å². The molecule has 0 spiro atoms. The third-order valence-corrected chi connectivity index (χ3v) is 3.16. The lowest BCUT2D eigenvalue weighted by Gasteiger charge is -2.33. The van der Waals surface area contributed by atoms with Gasteiger partial charge in [0.1, 0.15) is 5.75 Å².